The van der Waals surface area contributed by atoms with E-state index in [2.05, 4.69) is 4.72 Å². The van der Waals surface area contributed by atoms with Gasteiger partial charge in [0.1, 0.15) is 5.75 Å². The molecule has 0 saturated carbocycles. The average Bonchev–Trinajstić information content (AvgIpc) is 3.12. The number of nitro benzene ring substituents is 1. The van der Waals surface area contributed by atoms with Gasteiger partial charge in [-0.1, -0.05) is 6.07 Å². The van der Waals surface area contributed by atoms with Crippen molar-refractivity contribution in [2.75, 3.05) is 18.4 Å². The number of hydrogen-bond donors (Lipinski definition) is 1. The molecule has 12 heteroatoms. The molecular formula is C18H16N2O9S. The number of benzene rings is 2. The molecule has 30 heavy (non-hydrogen) atoms. The molecule has 1 N–H and O–H groups in total. The third kappa shape index (κ3) is 4.49. The lowest BCUT2D eigenvalue weighted by molar-refractivity contribution is -0.384. The van der Waals surface area contributed by atoms with Gasteiger partial charge in [0.05, 0.1) is 34.8 Å². The van der Waals surface area contributed by atoms with Crippen molar-refractivity contribution < 1.29 is 37.1 Å². The number of nitrogens with zero attached hydrogens (tertiary/aromatic N) is 1. The number of non-ortho nitro benzene ring substituents is 1. The van der Waals surface area contributed by atoms with Crippen LogP contribution in [0.5, 0.6) is 5.75 Å². The summed E-state index contributed by atoms with van der Waals surface area (Å²) in [7, 11) is -2.95. The molecule has 0 unspecified atom stereocenters. The van der Waals surface area contributed by atoms with E-state index in [1.165, 1.54) is 37.4 Å². The summed E-state index contributed by atoms with van der Waals surface area (Å²) in [5, 5.41) is 11.0. The Kier molecular flexibility index (Phi) is 5.87. The van der Waals surface area contributed by atoms with E-state index < -0.39 is 33.0 Å². The highest BCUT2D eigenvalue weighted by Crippen LogP contribution is 2.31. The lowest BCUT2D eigenvalue weighted by Gasteiger charge is -2.13. The number of hydrogen-bond acceptors (Lipinski definition) is 9. The van der Waals surface area contributed by atoms with Crippen molar-refractivity contribution in [2.45, 2.75) is 17.4 Å². The molecule has 0 amide bonds. The van der Waals surface area contributed by atoms with Crippen LogP contribution in [-0.2, 0) is 24.3 Å². The van der Waals surface area contributed by atoms with Crippen LogP contribution in [0.2, 0.25) is 0 Å². The number of rotatable bonds is 7. The van der Waals surface area contributed by atoms with Gasteiger partial charge in [-0.2, -0.15) is 0 Å². The van der Waals surface area contributed by atoms with Crippen molar-refractivity contribution in [1.29, 1.82) is 0 Å². The zero-order valence-corrected chi connectivity index (χ0v) is 16.4. The van der Waals surface area contributed by atoms with E-state index in [-0.39, 0.29) is 40.6 Å². The molecule has 3 rings (SSSR count). The zero-order valence-electron chi connectivity index (χ0n) is 15.6. The second-order valence-electron chi connectivity index (χ2n) is 6.13. The first kappa shape index (κ1) is 21.0. The summed E-state index contributed by atoms with van der Waals surface area (Å²) in [4.78, 5) is 33.7. The number of nitrogens with one attached hydrogen (secondary N) is 1. The van der Waals surface area contributed by atoms with Crippen LogP contribution in [0.25, 0.3) is 0 Å². The summed E-state index contributed by atoms with van der Waals surface area (Å²) in [6.45, 7) is 0.139. The van der Waals surface area contributed by atoms with Crippen LogP contribution >= 0.6 is 0 Å². The first-order valence-electron chi connectivity index (χ1n) is 8.54. The first-order chi connectivity index (χ1) is 14.2. The summed E-state index contributed by atoms with van der Waals surface area (Å²) >= 11 is 0. The second-order valence-corrected chi connectivity index (χ2v) is 7.81. The Morgan fingerprint density at radius 1 is 1.27 bits per heavy atom. The quantitative estimate of drug-likeness (QED) is 0.389. The van der Waals surface area contributed by atoms with Gasteiger partial charge in [0.2, 0.25) is 6.10 Å². The topological polar surface area (TPSA) is 151 Å². The molecule has 0 bridgehead atoms. The fourth-order valence-corrected chi connectivity index (χ4v) is 3.77. The van der Waals surface area contributed by atoms with Crippen LogP contribution in [0, 0.1) is 10.1 Å². The van der Waals surface area contributed by atoms with Crippen LogP contribution in [0.4, 0.5) is 11.4 Å². The molecule has 1 aliphatic rings. The Morgan fingerprint density at radius 2 is 2.03 bits per heavy atom. The normalized spacial score (nSPS) is 15.9. The predicted octanol–water partition coefficient (Wildman–Crippen LogP) is 1.88. The number of sulfonamides is 1. The van der Waals surface area contributed by atoms with Crippen LogP contribution in [0.15, 0.2) is 47.4 Å². The number of methoxy groups -OCH3 is 1. The molecule has 2 aromatic rings. The highest BCUT2D eigenvalue weighted by Gasteiger charge is 2.31. The molecule has 1 fully saturated rings. The molecule has 0 radical (unpaired) electrons. The zero-order chi connectivity index (χ0) is 21.9. The molecule has 0 spiro atoms. The fourth-order valence-electron chi connectivity index (χ4n) is 2.66. The number of anilines is 1. The number of cyclic esters (lactones) is 1. The number of esters is 2. The minimum atomic E-state index is -4.23. The van der Waals surface area contributed by atoms with Crippen molar-refractivity contribution in [1.82, 2.24) is 0 Å². The molecule has 1 saturated heterocycles. The summed E-state index contributed by atoms with van der Waals surface area (Å²) in [6, 6.07) is 8.38. The molecule has 158 valence electrons. The Labute approximate surface area is 170 Å². The minimum Gasteiger partial charge on any atom is -0.495 e. The van der Waals surface area contributed by atoms with Gasteiger partial charge in [-0.25, -0.2) is 18.0 Å². The van der Waals surface area contributed by atoms with Gasteiger partial charge >= 0.3 is 11.9 Å². The summed E-state index contributed by atoms with van der Waals surface area (Å²) in [5.41, 5.74) is -0.578. The lowest BCUT2D eigenvalue weighted by Crippen LogP contribution is -2.23. The van der Waals surface area contributed by atoms with Gasteiger partial charge in [-0.05, 0) is 24.3 Å². The van der Waals surface area contributed by atoms with E-state index >= 15 is 0 Å². The van der Waals surface area contributed by atoms with E-state index in [1.54, 1.807) is 0 Å². The molecular weight excluding hydrogens is 420 g/mol. The van der Waals surface area contributed by atoms with Gasteiger partial charge in [0.15, 0.2) is 0 Å². The van der Waals surface area contributed by atoms with Crippen LogP contribution in [0.3, 0.4) is 0 Å². The van der Waals surface area contributed by atoms with Crippen molar-refractivity contribution in [3.63, 3.8) is 0 Å². The fraction of sp³-hybridized carbons (Fsp3) is 0.222. The monoisotopic (exact) mass is 436 g/mol. The second kappa shape index (κ2) is 8.37. The minimum absolute atomic E-state index is 0.0690. The first-order valence-corrected chi connectivity index (χ1v) is 10.0. The Hall–Kier alpha value is -3.67. The Bertz CT molecular complexity index is 1110. The van der Waals surface area contributed by atoms with Gasteiger partial charge in [0.25, 0.3) is 15.7 Å². The molecule has 1 atom stereocenters. The van der Waals surface area contributed by atoms with Crippen molar-refractivity contribution in [3.8, 4) is 5.75 Å². The van der Waals surface area contributed by atoms with Crippen molar-refractivity contribution in [2.24, 2.45) is 0 Å². The van der Waals surface area contributed by atoms with E-state index in [0.29, 0.717) is 0 Å². The molecule has 2 aromatic carbocycles. The molecule has 11 nitrogen and oxygen atoms in total. The van der Waals surface area contributed by atoms with Gasteiger partial charge in [-0.3, -0.25) is 14.8 Å². The van der Waals surface area contributed by atoms with Crippen molar-refractivity contribution >= 4 is 33.3 Å². The largest absolute Gasteiger partial charge is 0.495 e. The SMILES string of the molecule is COc1ccc([N+](=O)[O-])cc1NS(=O)(=O)c1cccc(C(=O)O[C@H]2CCOC2=O)c1. The average molecular weight is 436 g/mol. The number of ether oxygens (including phenoxy) is 3. The lowest BCUT2D eigenvalue weighted by atomic mass is 10.2. The van der Waals surface area contributed by atoms with Crippen molar-refractivity contribution in [3.05, 3.63) is 58.1 Å². The predicted molar refractivity (Wildman–Crippen MR) is 102 cm³/mol. The molecule has 1 aliphatic heterocycles. The number of carbonyl (C=O) groups is 2. The summed E-state index contributed by atoms with van der Waals surface area (Å²) in [5.74, 6) is -1.48. The smallest absolute Gasteiger partial charge is 0.347 e. The molecule has 1 heterocycles. The van der Waals surface area contributed by atoms with Crippen LogP contribution < -0.4 is 9.46 Å². The van der Waals surface area contributed by atoms with E-state index in [1.807, 2.05) is 0 Å². The van der Waals surface area contributed by atoms with Gasteiger partial charge in [0, 0.05) is 18.6 Å². The van der Waals surface area contributed by atoms with Crippen LogP contribution in [0.1, 0.15) is 16.8 Å². The maximum absolute atomic E-state index is 12.8. The Morgan fingerprint density at radius 3 is 2.67 bits per heavy atom. The van der Waals surface area contributed by atoms with Gasteiger partial charge in [-0.15, -0.1) is 0 Å². The standard InChI is InChI=1S/C18H16N2O9S/c1-27-15-6-5-12(20(23)24)10-14(15)19-30(25,26)13-4-2-3-11(9-13)17(21)29-16-7-8-28-18(16)22/h2-6,9-10,16,19H,7-8H2,1H3/t16-/m0/s1. The molecule has 0 aliphatic carbocycles. The highest BCUT2D eigenvalue weighted by molar-refractivity contribution is 7.92. The maximum Gasteiger partial charge on any atom is 0.347 e. The summed E-state index contributed by atoms with van der Waals surface area (Å²) in [6.07, 6.45) is -0.818. The number of nitro groups is 1. The number of carbonyl (C=O) groups excluding carboxylic acids is 2. The molecule has 0 aromatic heterocycles. The highest BCUT2D eigenvalue weighted by atomic mass is 32.2. The third-order valence-electron chi connectivity index (χ3n) is 4.15. The van der Waals surface area contributed by atoms with Gasteiger partial charge < -0.3 is 14.2 Å². The maximum atomic E-state index is 12.8. The Balaban J connectivity index is 1.86. The summed E-state index contributed by atoms with van der Waals surface area (Å²) < 4.78 is 42.5. The van der Waals surface area contributed by atoms with E-state index in [4.69, 9.17) is 14.2 Å². The third-order valence-corrected chi connectivity index (χ3v) is 5.52. The van der Waals surface area contributed by atoms with E-state index in [9.17, 15) is 28.1 Å². The van der Waals surface area contributed by atoms with Crippen LogP contribution in [-0.4, -0.2) is 45.1 Å². The van der Waals surface area contributed by atoms with E-state index in [0.717, 1.165) is 12.1 Å².